The van der Waals surface area contributed by atoms with Crippen molar-refractivity contribution < 1.29 is 8.39 Å². The van der Waals surface area contributed by atoms with Crippen LogP contribution < -0.4 is 0 Å². The smallest absolute Gasteiger partial charge is 0.276 e. The summed E-state index contributed by atoms with van der Waals surface area (Å²) in [5, 5.41) is 4.57. The fourth-order valence-corrected chi connectivity index (χ4v) is 3.79. The molecule has 0 aliphatic rings. The van der Waals surface area contributed by atoms with Crippen molar-refractivity contribution in [2.45, 2.75) is 48.0 Å². The Balaban J connectivity index is 2.75. The van der Waals surface area contributed by atoms with Gasteiger partial charge in [-0.25, -0.2) is 4.21 Å². The van der Waals surface area contributed by atoms with E-state index < -0.39 is 11.3 Å². The average Bonchev–Trinajstić information content (AvgIpc) is 2.75. The molecule has 1 aromatic heterocycles. The molecule has 5 heteroatoms. The van der Waals surface area contributed by atoms with Gasteiger partial charge in [0, 0.05) is 5.56 Å². The third-order valence-corrected chi connectivity index (χ3v) is 5.30. The largest absolute Gasteiger partial charge is 0.285 e. The summed E-state index contributed by atoms with van der Waals surface area (Å²) in [5.74, 6) is 0. The van der Waals surface area contributed by atoms with Crippen molar-refractivity contribution in [3.8, 4) is 11.3 Å². The average molecular weight is 320 g/mol. The van der Waals surface area contributed by atoms with E-state index in [-0.39, 0.29) is 0 Å². The normalized spacial score (nSPS) is 12.7. The van der Waals surface area contributed by atoms with Crippen LogP contribution in [-0.4, -0.2) is 20.5 Å². The fourth-order valence-electron chi connectivity index (χ4n) is 3.14. The van der Waals surface area contributed by atoms with Crippen LogP contribution in [0.15, 0.2) is 6.07 Å². The number of hydrogen-bond donors (Lipinski definition) is 0. The highest BCUT2D eigenvalue weighted by Crippen LogP contribution is 2.34. The summed E-state index contributed by atoms with van der Waals surface area (Å²) in [6.45, 7) is 12.5. The number of aromatic nitrogens is 2. The van der Waals surface area contributed by atoms with E-state index in [1.54, 1.807) is 0 Å². The van der Waals surface area contributed by atoms with Crippen LogP contribution >= 0.6 is 0 Å². The molecule has 0 aliphatic carbocycles. The van der Waals surface area contributed by atoms with E-state index in [1.165, 1.54) is 33.5 Å². The molecule has 0 saturated carbocycles. The van der Waals surface area contributed by atoms with Gasteiger partial charge in [0.05, 0.1) is 18.5 Å². The maximum absolute atomic E-state index is 12.0. The standard InChI is InChI=1S/C17H24N2O2S/c1-8-15-10(2)9-11(3)16(13(15)5)17-12(4)14(6)19(18-17)22(20)21-7/h9H,8H2,1-7H3. The number of rotatable bonds is 4. The first-order valence-corrected chi connectivity index (χ1v) is 8.49. The van der Waals surface area contributed by atoms with Crippen LogP contribution in [0.1, 0.15) is 40.4 Å². The monoisotopic (exact) mass is 320 g/mol. The molecule has 0 radical (unpaired) electrons. The van der Waals surface area contributed by atoms with Crippen LogP contribution in [0.5, 0.6) is 0 Å². The molecule has 1 atom stereocenters. The van der Waals surface area contributed by atoms with Crippen molar-refractivity contribution in [3.05, 3.63) is 39.6 Å². The van der Waals surface area contributed by atoms with Crippen LogP contribution in [0.4, 0.5) is 0 Å². The second-order valence-electron chi connectivity index (χ2n) is 5.66. The van der Waals surface area contributed by atoms with Gasteiger partial charge in [-0.2, -0.15) is 9.19 Å². The zero-order chi connectivity index (χ0) is 16.6. The van der Waals surface area contributed by atoms with Crippen LogP contribution in [0.25, 0.3) is 11.3 Å². The first-order valence-electron chi connectivity index (χ1n) is 7.46. The first kappa shape index (κ1) is 16.9. The van der Waals surface area contributed by atoms with Crippen molar-refractivity contribution >= 4 is 11.3 Å². The lowest BCUT2D eigenvalue weighted by molar-refractivity contribution is 0.434. The van der Waals surface area contributed by atoms with Crippen molar-refractivity contribution in [1.29, 1.82) is 0 Å². The van der Waals surface area contributed by atoms with E-state index in [1.807, 2.05) is 13.8 Å². The van der Waals surface area contributed by atoms with Crippen molar-refractivity contribution in [3.63, 3.8) is 0 Å². The van der Waals surface area contributed by atoms with Gasteiger partial charge in [0.2, 0.25) is 0 Å². The van der Waals surface area contributed by atoms with Gasteiger partial charge in [-0.3, -0.25) is 4.18 Å². The van der Waals surface area contributed by atoms with Crippen LogP contribution in [-0.2, 0) is 21.9 Å². The second kappa shape index (κ2) is 6.34. The molecule has 0 amide bonds. The lowest BCUT2D eigenvalue weighted by Gasteiger charge is -2.15. The first-order chi connectivity index (χ1) is 10.3. The molecule has 22 heavy (non-hydrogen) atoms. The van der Waals surface area contributed by atoms with E-state index in [0.717, 1.165) is 28.9 Å². The van der Waals surface area contributed by atoms with Crippen molar-refractivity contribution in [2.24, 2.45) is 0 Å². The summed E-state index contributed by atoms with van der Waals surface area (Å²) >= 11 is -1.58. The number of hydrogen-bond acceptors (Lipinski definition) is 3. The lowest BCUT2D eigenvalue weighted by Crippen LogP contribution is -2.09. The van der Waals surface area contributed by atoms with Crippen molar-refractivity contribution in [1.82, 2.24) is 9.19 Å². The summed E-state index contributed by atoms with van der Waals surface area (Å²) in [6, 6.07) is 2.21. The minimum atomic E-state index is -1.58. The summed E-state index contributed by atoms with van der Waals surface area (Å²) < 4.78 is 18.3. The van der Waals surface area contributed by atoms with E-state index >= 15 is 0 Å². The summed E-state index contributed by atoms with van der Waals surface area (Å²) in [7, 11) is 1.42. The van der Waals surface area contributed by atoms with Gasteiger partial charge >= 0.3 is 0 Å². The van der Waals surface area contributed by atoms with E-state index in [2.05, 4.69) is 38.9 Å². The van der Waals surface area contributed by atoms with Crippen molar-refractivity contribution in [2.75, 3.05) is 7.11 Å². The van der Waals surface area contributed by atoms with Gasteiger partial charge in [0.1, 0.15) is 0 Å². The predicted molar refractivity (Wildman–Crippen MR) is 91.3 cm³/mol. The molecule has 0 fully saturated rings. The molecule has 0 aliphatic heterocycles. The Morgan fingerprint density at radius 1 is 1.14 bits per heavy atom. The molecule has 1 aromatic carbocycles. The molecule has 0 spiro atoms. The van der Waals surface area contributed by atoms with Gasteiger partial charge in [0.15, 0.2) is 0 Å². The Kier molecular flexibility index (Phi) is 4.87. The zero-order valence-corrected chi connectivity index (χ0v) is 15.2. The minimum Gasteiger partial charge on any atom is -0.276 e. The maximum Gasteiger partial charge on any atom is 0.285 e. The van der Waals surface area contributed by atoms with E-state index in [0.29, 0.717) is 0 Å². The van der Waals surface area contributed by atoms with Crippen LogP contribution in [0, 0.1) is 34.6 Å². The molecule has 0 saturated heterocycles. The number of benzene rings is 1. The molecule has 1 heterocycles. The highest BCUT2D eigenvalue weighted by molar-refractivity contribution is 7.78. The van der Waals surface area contributed by atoms with Gasteiger partial charge in [-0.05, 0) is 68.9 Å². The second-order valence-corrected chi connectivity index (χ2v) is 6.77. The number of aryl methyl sites for hydroxylation is 2. The molecule has 0 N–H and O–H groups in total. The molecular formula is C17H24N2O2S. The topological polar surface area (TPSA) is 44.1 Å². The molecular weight excluding hydrogens is 296 g/mol. The third-order valence-electron chi connectivity index (χ3n) is 4.38. The van der Waals surface area contributed by atoms with E-state index in [9.17, 15) is 4.21 Å². The Morgan fingerprint density at radius 3 is 2.32 bits per heavy atom. The maximum atomic E-state index is 12.0. The minimum absolute atomic E-state index is 0.868. The van der Waals surface area contributed by atoms with Gasteiger partial charge in [-0.15, -0.1) is 0 Å². The van der Waals surface area contributed by atoms with Crippen LogP contribution in [0.2, 0.25) is 0 Å². The zero-order valence-electron chi connectivity index (χ0n) is 14.4. The Labute approximate surface area is 135 Å². The van der Waals surface area contributed by atoms with Gasteiger partial charge < -0.3 is 0 Å². The molecule has 4 nitrogen and oxygen atoms in total. The summed E-state index contributed by atoms with van der Waals surface area (Å²) in [4.78, 5) is 0. The Hall–Kier alpha value is -1.46. The Bertz CT molecular complexity index is 748. The quantitative estimate of drug-likeness (QED) is 0.862. The predicted octanol–water partition coefficient (Wildman–Crippen LogP) is 3.73. The van der Waals surface area contributed by atoms with Crippen LogP contribution in [0.3, 0.4) is 0 Å². The molecule has 1 unspecified atom stereocenters. The highest BCUT2D eigenvalue weighted by atomic mass is 32.2. The van der Waals surface area contributed by atoms with Gasteiger partial charge in [-0.1, -0.05) is 13.0 Å². The Morgan fingerprint density at radius 2 is 1.77 bits per heavy atom. The molecule has 120 valence electrons. The summed E-state index contributed by atoms with van der Waals surface area (Å²) in [5.41, 5.74) is 9.09. The lowest BCUT2D eigenvalue weighted by atomic mass is 9.89. The third kappa shape index (κ3) is 2.63. The van der Waals surface area contributed by atoms with Gasteiger partial charge in [0.25, 0.3) is 11.3 Å². The molecule has 2 aromatic rings. The molecule has 0 bridgehead atoms. The highest BCUT2D eigenvalue weighted by Gasteiger charge is 2.20. The number of nitrogens with zero attached hydrogens (tertiary/aromatic N) is 2. The summed E-state index contributed by atoms with van der Waals surface area (Å²) in [6.07, 6.45) is 0.994. The van der Waals surface area contributed by atoms with E-state index in [4.69, 9.17) is 4.18 Å². The molecule has 2 rings (SSSR count). The SMILES string of the molecule is CCc1c(C)cc(C)c(-c2nn(S(=O)OC)c(C)c2C)c1C. The fraction of sp³-hybridized carbons (Fsp3) is 0.471.